The number of carbonyl (C=O) groups excluding carboxylic acids is 1. The molecule has 5 nitrogen and oxygen atoms in total. The Kier molecular flexibility index (Phi) is 4.57. The van der Waals surface area contributed by atoms with Crippen molar-refractivity contribution >= 4 is 17.5 Å². The van der Waals surface area contributed by atoms with E-state index in [2.05, 4.69) is 51.8 Å². The summed E-state index contributed by atoms with van der Waals surface area (Å²) in [6.45, 7) is 8.21. The summed E-state index contributed by atoms with van der Waals surface area (Å²) in [5.74, 6) is 0.437. The Morgan fingerprint density at radius 3 is 2.46 bits per heavy atom. The van der Waals surface area contributed by atoms with Gasteiger partial charge in [-0.3, -0.25) is 9.89 Å². The van der Waals surface area contributed by atoms with E-state index in [-0.39, 0.29) is 5.78 Å². The molecule has 3 aromatic rings. The number of carbonyl (C=O) groups is 1. The summed E-state index contributed by atoms with van der Waals surface area (Å²) in [5, 5.41) is 7.21. The van der Waals surface area contributed by atoms with E-state index >= 15 is 0 Å². The fraction of sp³-hybridized carbons (Fsp3) is 0.278. The topological polar surface area (TPSA) is 63.6 Å². The highest BCUT2D eigenvalue weighted by molar-refractivity contribution is 7.99. The molecular formula is C18H20N4OS. The highest BCUT2D eigenvalue weighted by atomic mass is 32.2. The van der Waals surface area contributed by atoms with Gasteiger partial charge in [0.25, 0.3) is 0 Å². The molecule has 24 heavy (non-hydrogen) atoms. The number of benzene rings is 1. The van der Waals surface area contributed by atoms with Crippen molar-refractivity contribution in [3.05, 3.63) is 58.7 Å². The third-order valence-corrected chi connectivity index (χ3v) is 4.81. The molecule has 1 aromatic carbocycles. The Balaban J connectivity index is 1.89. The van der Waals surface area contributed by atoms with Crippen LogP contribution in [0.15, 0.2) is 35.7 Å². The van der Waals surface area contributed by atoms with E-state index in [9.17, 15) is 4.79 Å². The number of aryl methyl sites for hydroxylation is 3. The molecule has 0 spiro atoms. The first kappa shape index (κ1) is 16.5. The molecule has 3 rings (SSSR count). The van der Waals surface area contributed by atoms with Crippen molar-refractivity contribution in [2.45, 2.75) is 32.9 Å². The average Bonchev–Trinajstić information content (AvgIpc) is 3.12. The first-order valence-corrected chi connectivity index (χ1v) is 8.73. The lowest BCUT2D eigenvalue weighted by molar-refractivity contribution is 0.102. The minimum atomic E-state index is 0.0973. The molecule has 0 bridgehead atoms. The zero-order valence-electron chi connectivity index (χ0n) is 14.3. The second-order valence-corrected chi connectivity index (χ2v) is 6.93. The van der Waals surface area contributed by atoms with Crippen LogP contribution >= 0.6 is 11.8 Å². The van der Waals surface area contributed by atoms with Crippen LogP contribution in [-0.2, 0) is 0 Å². The van der Waals surface area contributed by atoms with Crippen molar-refractivity contribution in [3.63, 3.8) is 0 Å². The molecule has 0 atom stereocenters. The number of ketones is 1. The standard InChI is InChI=1S/C18H20N4OS/c1-11-5-12(2)7-15(6-11)22-13(3)8-16(14(22)4)17(23)9-24-18-19-10-20-21-18/h5-8,10H,9H2,1-4H3,(H,19,20,21). The maximum Gasteiger partial charge on any atom is 0.183 e. The van der Waals surface area contributed by atoms with Crippen molar-refractivity contribution in [1.29, 1.82) is 0 Å². The molecule has 0 amide bonds. The van der Waals surface area contributed by atoms with Gasteiger partial charge in [-0.25, -0.2) is 4.98 Å². The minimum Gasteiger partial charge on any atom is -0.318 e. The molecule has 0 saturated heterocycles. The predicted octanol–water partition coefficient (Wildman–Crippen LogP) is 3.80. The summed E-state index contributed by atoms with van der Waals surface area (Å²) >= 11 is 1.37. The van der Waals surface area contributed by atoms with Gasteiger partial charge in [0, 0.05) is 22.6 Å². The predicted molar refractivity (Wildman–Crippen MR) is 96.2 cm³/mol. The second kappa shape index (κ2) is 6.65. The molecule has 0 aliphatic rings. The summed E-state index contributed by atoms with van der Waals surface area (Å²) in [5.41, 5.74) is 6.33. The van der Waals surface area contributed by atoms with Crippen LogP contribution in [0.1, 0.15) is 32.9 Å². The Morgan fingerprint density at radius 1 is 1.12 bits per heavy atom. The highest BCUT2D eigenvalue weighted by Crippen LogP contribution is 2.24. The van der Waals surface area contributed by atoms with E-state index in [1.54, 1.807) is 0 Å². The Morgan fingerprint density at radius 2 is 1.83 bits per heavy atom. The monoisotopic (exact) mass is 340 g/mol. The Labute approximate surface area is 145 Å². The maximum absolute atomic E-state index is 12.6. The van der Waals surface area contributed by atoms with Crippen molar-refractivity contribution in [2.75, 3.05) is 5.75 Å². The summed E-state index contributed by atoms with van der Waals surface area (Å²) in [7, 11) is 0. The molecule has 0 aliphatic heterocycles. The van der Waals surface area contributed by atoms with Crippen LogP contribution in [0.3, 0.4) is 0 Å². The van der Waals surface area contributed by atoms with Crippen LogP contribution in [0.5, 0.6) is 0 Å². The molecule has 2 heterocycles. The molecule has 0 radical (unpaired) electrons. The average molecular weight is 340 g/mol. The number of aromatic nitrogens is 4. The summed E-state index contributed by atoms with van der Waals surface area (Å²) in [6.07, 6.45) is 1.44. The van der Waals surface area contributed by atoms with Crippen LogP contribution in [-0.4, -0.2) is 31.3 Å². The largest absolute Gasteiger partial charge is 0.318 e. The smallest absolute Gasteiger partial charge is 0.183 e. The number of nitrogens with one attached hydrogen (secondary N) is 1. The number of thioether (sulfide) groups is 1. The molecule has 124 valence electrons. The van der Waals surface area contributed by atoms with Gasteiger partial charge in [-0.1, -0.05) is 17.8 Å². The molecule has 1 N–H and O–H groups in total. The number of Topliss-reactive ketones (excluding diaryl/α,β-unsaturated/α-hetero) is 1. The van der Waals surface area contributed by atoms with Gasteiger partial charge in [0.2, 0.25) is 0 Å². The van der Waals surface area contributed by atoms with Crippen LogP contribution in [0, 0.1) is 27.7 Å². The van der Waals surface area contributed by atoms with Crippen LogP contribution in [0.2, 0.25) is 0 Å². The fourth-order valence-corrected chi connectivity index (χ4v) is 3.66. The molecular weight excluding hydrogens is 320 g/mol. The fourth-order valence-electron chi connectivity index (χ4n) is 3.00. The van der Waals surface area contributed by atoms with Gasteiger partial charge in [0.1, 0.15) is 6.33 Å². The van der Waals surface area contributed by atoms with E-state index in [1.807, 2.05) is 19.9 Å². The molecule has 0 unspecified atom stereocenters. The number of nitrogens with zero attached hydrogens (tertiary/aromatic N) is 3. The number of H-pyrrole nitrogens is 1. The zero-order chi connectivity index (χ0) is 17.3. The number of rotatable bonds is 5. The van der Waals surface area contributed by atoms with Crippen LogP contribution in [0.4, 0.5) is 0 Å². The molecule has 0 fully saturated rings. The van der Waals surface area contributed by atoms with Gasteiger partial charge >= 0.3 is 0 Å². The molecule has 0 saturated carbocycles. The lowest BCUT2D eigenvalue weighted by Crippen LogP contribution is -2.06. The van der Waals surface area contributed by atoms with Crippen molar-refractivity contribution in [1.82, 2.24) is 19.7 Å². The first-order valence-electron chi connectivity index (χ1n) is 7.74. The molecule has 0 aliphatic carbocycles. The number of hydrogen-bond donors (Lipinski definition) is 1. The minimum absolute atomic E-state index is 0.0973. The zero-order valence-corrected chi connectivity index (χ0v) is 15.1. The normalized spacial score (nSPS) is 11.0. The number of hydrogen-bond acceptors (Lipinski definition) is 4. The quantitative estimate of drug-likeness (QED) is 0.567. The Bertz CT molecular complexity index is 861. The molecule has 2 aromatic heterocycles. The van der Waals surface area contributed by atoms with Gasteiger partial charge < -0.3 is 4.57 Å². The van der Waals surface area contributed by atoms with Crippen molar-refractivity contribution in [2.24, 2.45) is 0 Å². The van der Waals surface area contributed by atoms with Crippen molar-refractivity contribution < 1.29 is 4.79 Å². The third kappa shape index (κ3) is 3.28. The van der Waals surface area contributed by atoms with Crippen molar-refractivity contribution in [3.8, 4) is 5.69 Å². The second-order valence-electron chi connectivity index (χ2n) is 5.97. The van der Waals surface area contributed by atoms with E-state index < -0.39 is 0 Å². The van der Waals surface area contributed by atoms with E-state index in [0.29, 0.717) is 10.9 Å². The van der Waals surface area contributed by atoms with Gasteiger partial charge in [0.05, 0.1) is 5.75 Å². The van der Waals surface area contributed by atoms with E-state index in [1.165, 1.54) is 29.2 Å². The first-order chi connectivity index (χ1) is 11.5. The summed E-state index contributed by atoms with van der Waals surface area (Å²) in [6, 6.07) is 8.41. The van der Waals surface area contributed by atoms with Crippen LogP contribution < -0.4 is 0 Å². The highest BCUT2D eigenvalue weighted by Gasteiger charge is 2.17. The van der Waals surface area contributed by atoms with Gasteiger partial charge in [0.15, 0.2) is 10.9 Å². The third-order valence-electron chi connectivity index (χ3n) is 3.93. The number of aromatic amines is 1. The van der Waals surface area contributed by atoms with E-state index in [0.717, 1.165) is 22.6 Å². The summed E-state index contributed by atoms with van der Waals surface area (Å²) < 4.78 is 2.15. The van der Waals surface area contributed by atoms with Gasteiger partial charge in [-0.2, -0.15) is 5.10 Å². The maximum atomic E-state index is 12.6. The van der Waals surface area contributed by atoms with Crippen LogP contribution in [0.25, 0.3) is 5.69 Å². The van der Waals surface area contributed by atoms with Gasteiger partial charge in [-0.05, 0) is 57.0 Å². The molecule has 6 heteroatoms. The van der Waals surface area contributed by atoms with Gasteiger partial charge in [-0.15, -0.1) is 0 Å². The SMILES string of the molecule is Cc1cc(C)cc(-n2c(C)cc(C(=O)CSc3ncn[nH]3)c2C)c1. The van der Waals surface area contributed by atoms with E-state index in [4.69, 9.17) is 0 Å². The summed E-state index contributed by atoms with van der Waals surface area (Å²) in [4.78, 5) is 16.6. The Hall–Kier alpha value is -2.34. The lowest BCUT2D eigenvalue weighted by atomic mass is 10.1. The lowest BCUT2D eigenvalue weighted by Gasteiger charge is -2.12.